The second-order valence-corrected chi connectivity index (χ2v) is 7.61. The van der Waals surface area contributed by atoms with E-state index in [0.717, 1.165) is 6.42 Å². The largest absolute Gasteiger partial charge is 0.507 e. The lowest BCUT2D eigenvalue weighted by atomic mass is 9.95. The van der Waals surface area contributed by atoms with Crippen molar-refractivity contribution in [1.82, 2.24) is 5.16 Å². The van der Waals surface area contributed by atoms with Gasteiger partial charge in [0, 0.05) is 11.6 Å². The SMILES string of the molecule is CCCOc1ccc([C@@H]2/C(=C(\O)c3cccc(OC)c3)C(=O)C(=O)N2c2cc(C)on2)cc1. The first-order valence-corrected chi connectivity index (χ1v) is 10.6. The summed E-state index contributed by atoms with van der Waals surface area (Å²) in [4.78, 5) is 27.5. The summed E-state index contributed by atoms with van der Waals surface area (Å²) in [5.74, 6) is -0.0583. The Bertz CT molecular complexity index is 1210. The Kier molecular flexibility index (Phi) is 6.17. The molecule has 1 aromatic heterocycles. The van der Waals surface area contributed by atoms with Gasteiger partial charge in [-0.2, -0.15) is 0 Å². The molecule has 0 radical (unpaired) electrons. The Labute approximate surface area is 191 Å². The zero-order valence-corrected chi connectivity index (χ0v) is 18.6. The fraction of sp³-hybridized carbons (Fsp3) is 0.240. The first kappa shape index (κ1) is 22.1. The summed E-state index contributed by atoms with van der Waals surface area (Å²) in [7, 11) is 1.51. The number of anilines is 1. The number of Topliss-reactive ketones (excluding diaryl/α,β-unsaturated/α-hetero) is 1. The highest BCUT2D eigenvalue weighted by Crippen LogP contribution is 2.42. The van der Waals surface area contributed by atoms with Gasteiger partial charge in [0.2, 0.25) is 0 Å². The van der Waals surface area contributed by atoms with E-state index in [2.05, 4.69) is 5.16 Å². The minimum atomic E-state index is -0.902. The molecule has 0 aliphatic carbocycles. The lowest BCUT2D eigenvalue weighted by Gasteiger charge is -2.23. The van der Waals surface area contributed by atoms with Crippen LogP contribution in [0.4, 0.5) is 5.82 Å². The van der Waals surface area contributed by atoms with E-state index in [1.54, 1.807) is 61.5 Å². The Balaban J connectivity index is 1.86. The molecule has 1 amide bonds. The van der Waals surface area contributed by atoms with Crippen LogP contribution in [0.15, 0.2) is 64.7 Å². The van der Waals surface area contributed by atoms with E-state index in [0.29, 0.717) is 35.0 Å². The molecule has 3 aromatic rings. The first-order valence-electron chi connectivity index (χ1n) is 10.6. The molecule has 0 saturated carbocycles. The standard InChI is InChI=1S/C25H24N2O6/c1-4-12-32-18-10-8-16(9-11-18)22-21(23(28)17-6-5-7-19(14-17)31-3)24(29)25(30)27(22)20-13-15(2)33-26-20/h5-11,13-14,22,28H,4,12H2,1-3H3/b23-21+/t22-/m1/s1. The second kappa shape index (κ2) is 9.20. The zero-order valence-electron chi connectivity index (χ0n) is 18.6. The van der Waals surface area contributed by atoms with Crippen molar-refractivity contribution >= 4 is 23.3 Å². The fourth-order valence-electron chi connectivity index (χ4n) is 3.74. The monoisotopic (exact) mass is 448 g/mol. The molecule has 0 bridgehead atoms. The Hall–Kier alpha value is -4.07. The van der Waals surface area contributed by atoms with Gasteiger partial charge in [0.05, 0.1) is 25.3 Å². The van der Waals surface area contributed by atoms with Crippen molar-refractivity contribution in [3.63, 3.8) is 0 Å². The topological polar surface area (TPSA) is 102 Å². The molecule has 8 nitrogen and oxygen atoms in total. The van der Waals surface area contributed by atoms with E-state index in [1.807, 2.05) is 6.92 Å². The molecule has 2 heterocycles. The molecule has 1 saturated heterocycles. The molecule has 1 aliphatic rings. The van der Waals surface area contributed by atoms with Gasteiger partial charge in [0.1, 0.15) is 23.0 Å². The highest BCUT2D eigenvalue weighted by Gasteiger charge is 2.48. The van der Waals surface area contributed by atoms with Crippen LogP contribution in [-0.4, -0.2) is 35.7 Å². The van der Waals surface area contributed by atoms with Crippen LogP contribution in [0.25, 0.3) is 5.76 Å². The number of hydrogen-bond acceptors (Lipinski definition) is 7. The summed E-state index contributed by atoms with van der Waals surface area (Å²) in [5.41, 5.74) is 0.927. The van der Waals surface area contributed by atoms with Gasteiger partial charge < -0.3 is 19.1 Å². The molecule has 2 aromatic carbocycles. The van der Waals surface area contributed by atoms with Crippen molar-refractivity contribution in [3.05, 3.63) is 77.1 Å². The number of aryl methyl sites for hydroxylation is 1. The number of aliphatic hydroxyl groups excluding tert-OH is 1. The summed E-state index contributed by atoms with van der Waals surface area (Å²) in [6.45, 7) is 4.28. The van der Waals surface area contributed by atoms with Crippen LogP contribution in [0.1, 0.15) is 36.3 Å². The normalized spacial score (nSPS) is 17.4. The average molecular weight is 448 g/mol. The Morgan fingerprint density at radius 2 is 1.88 bits per heavy atom. The van der Waals surface area contributed by atoms with Gasteiger partial charge in [-0.05, 0) is 43.2 Å². The maximum Gasteiger partial charge on any atom is 0.301 e. The molecule has 4 rings (SSSR count). The summed E-state index contributed by atoms with van der Waals surface area (Å²) < 4.78 is 16.0. The summed E-state index contributed by atoms with van der Waals surface area (Å²) in [6, 6.07) is 14.4. The zero-order chi connectivity index (χ0) is 23.5. The van der Waals surface area contributed by atoms with Gasteiger partial charge in [-0.15, -0.1) is 0 Å². The minimum absolute atomic E-state index is 0.0452. The number of ether oxygens (including phenoxy) is 2. The maximum absolute atomic E-state index is 13.1. The highest BCUT2D eigenvalue weighted by molar-refractivity contribution is 6.51. The van der Waals surface area contributed by atoms with Gasteiger partial charge in [-0.25, -0.2) is 0 Å². The molecular formula is C25H24N2O6. The van der Waals surface area contributed by atoms with E-state index in [1.165, 1.54) is 12.0 Å². The van der Waals surface area contributed by atoms with E-state index < -0.39 is 17.7 Å². The van der Waals surface area contributed by atoms with Crippen molar-refractivity contribution in [3.8, 4) is 11.5 Å². The first-order chi connectivity index (χ1) is 15.9. The van der Waals surface area contributed by atoms with Crippen molar-refractivity contribution in [2.75, 3.05) is 18.6 Å². The van der Waals surface area contributed by atoms with E-state index >= 15 is 0 Å². The number of ketones is 1. The number of rotatable bonds is 7. The number of nitrogens with zero attached hydrogens (tertiary/aromatic N) is 2. The molecular weight excluding hydrogens is 424 g/mol. The lowest BCUT2D eigenvalue weighted by Crippen LogP contribution is -2.29. The van der Waals surface area contributed by atoms with Crippen molar-refractivity contribution < 1.29 is 28.7 Å². The van der Waals surface area contributed by atoms with Gasteiger partial charge in [-0.3, -0.25) is 14.5 Å². The van der Waals surface area contributed by atoms with Crippen LogP contribution >= 0.6 is 0 Å². The lowest BCUT2D eigenvalue weighted by molar-refractivity contribution is -0.132. The van der Waals surface area contributed by atoms with Crippen LogP contribution in [-0.2, 0) is 9.59 Å². The number of methoxy groups -OCH3 is 1. The quantitative estimate of drug-likeness (QED) is 0.325. The fourth-order valence-corrected chi connectivity index (χ4v) is 3.74. The summed E-state index contributed by atoms with van der Waals surface area (Å²) in [6.07, 6.45) is 0.869. The van der Waals surface area contributed by atoms with Crippen LogP contribution < -0.4 is 14.4 Å². The highest BCUT2D eigenvalue weighted by atomic mass is 16.5. The molecule has 0 spiro atoms. The van der Waals surface area contributed by atoms with Crippen LogP contribution in [0.2, 0.25) is 0 Å². The second-order valence-electron chi connectivity index (χ2n) is 7.61. The number of carbonyl (C=O) groups excluding carboxylic acids is 2. The molecule has 1 aliphatic heterocycles. The third-order valence-electron chi connectivity index (χ3n) is 5.32. The summed E-state index contributed by atoms with van der Waals surface area (Å²) in [5, 5.41) is 15.1. The Morgan fingerprint density at radius 1 is 1.12 bits per heavy atom. The number of hydrogen-bond donors (Lipinski definition) is 1. The van der Waals surface area contributed by atoms with Crippen LogP contribution in [0.3, 0.4) is 0 Å². The van der Waals surface area contributed by atoms with Crippen molar-refractivity contribution in [2.45, 2.75) is 26.3 Å². The van der Waals surface area contributed by atoms with E-state index in [4.69, 9.17) is 14.0 Å². The van der Waals surface area contributed by atoms with Gasteiger partial charge in [-0.1, -0.05) is 36.3 Å². The maximum atomic E-state index is 13.1. The van der Waals surface area contributed by atoms with Crippen molar-refractivity contribution in [1.29, 1.82) is 0 Å². The Morgan fingerprint density at radius 3 is 2.52 bits per heavy atom. The molecule has 1 N–H and O–H groups in total. The third-order valence-corrected chi connectivity index (χ3v) is 5.32. The third kappa shape index (κ3) is 4.19. The number of benzene rings is 2. The minimum Gasteiger partial charge on any atom is -0.507 e. The number of amides is 1. The van der Waals surface area contributed by atoms with E-state index in [-0.39, 0.29) is 17.2 Å². The molecule has 0 unspecified atom stereocenters. The van der Waals surface area contributed by atoms with Crippen molar-refractivity contribution in [2.24, 2.45) is 0 Å². The van der Waals surface area contributed by atoms with Gasteiger partial charge in [0.15, 0.2) is 5.82 Å². The van der Waals surface area contributed by atoms with E-state index in [9.17, 15) is 14.7 Å². The van der Waals surface area contributed by atoms with Crippen LogP contribution in [0, 0.1) is 6.92 Å². The molecule has 170 valence electrons. The number of carbonyl (C=O) groups is 2. The van der Waals surface area contributed by atoms with Crippen LogP contribution in [0.5, 0.6) is 11.5 Å². The molecule has 1 fully saturated rings. The molecule has 33 heavy (non-hydrogen) atoms. The number of aliphatic hydroxyl groups is 1. The predicted octanol–water partition coefficient (Wildman–Crippen LogP) is 4.41. The molecule has 8 heteroatoms. The van der Waals surface area contributed by atoms with Gasteiger partial charge in [0.25, 0.3) is 5.78 Å². The average Bonchev–Trinajstić information content (AvgIpc) is 3.38. The molecule has 1 atom stereocenters. The predicted molar refractivity (Wildman–Crippen MR) is 121 cm³/mol. The number of aromatic nitrogens is 1. The summed E-state index contributed by atoms with van der Waals surface area (Å²) >= 11 is 0. The van der Waals surface area contributed by atoms with Gasteiger partial charge >= 0.3 is 5.91 Å². The smallest absolute Gasteiger partial charge is 0.301 e.